The molecule has 1 atom stereocenters. The van der Waals surface area contributed by atoms with Crippen molar-refractivity contribution in [3.8, 4) is 0 Å². The second kappa shape index (κ2) is 36.4. The monoisotopic (exact) mass is 625 g/mol. The van der Waals surface area contributed by atoms with Gasteiger partial charge in [-0.2, -0.15) is 0 Å². The van der Waals surface area contributed by atoms with E-state index in [0.29, 0.717) is 26.1 Å². The van der Waals surface area contributed by atoms with Crippen LogP contribution >= 0.6 is 0 Å². The smallest absolute Gasteiger partial charge is 0.306 e. The number of unbranched alkanes of at least 4 members (excludes halogenated alkanes) is 25. The minimum Gasteiger partial charge on any atom is -0.462 e. The number of carbonyl (C=O) groups is 2. The molecule has 0 saturated carbocycles. The van der Waals surface area contributed by atoms with Crippen LogP contribution in [0, 0.1) is 0 Å². The number of ether oxygens (including phenoxy) is 3. The Morgan fingerprint density at radius 3 is 1.16 bits per heavy atom. The molecule has 262 valence electrons. The van der Waals surface area contributed by atoms with E-state index < -0.39 is 6.10 Å². The summed E-state index contributed by atoms with van der Waals surface area (Å²) < 4.78 is 17.2. The Hall–Kier alpha value is -1.10. The molecular weight excluding hydrogens is 548 g/mol. The van der Waals surface area contributed by atoms with Crippen molar-refractivity contribution in [3.63, 3.8) is 0 Å². The van der Waals surface area contributed by atoms with E-state index >= 15 is 0 Å². The quantitative estimate of drug-likeness (QED) is 0.0512. The molecule has 5 heteroatoms. The third-order valence-electron chi connectivity index (χ3n) is 8.64. The van der Waals surface area contributed by atoms with Crippen LogP contribution in [0.1, 0.15) is 213 Å². The lowest BCUT2D eigenvalue weighted by Crippen LogP contribution is -2.30. The van der Waals surface area contributed by atoms with E-state index in [1.54, 1.807) is 0 Å². The summed E-state index contributed by atoms with van der Waals surface area (Å²) in [6, 6.07) is 0. The number of rotatable bonds is 36. The molecule has 0 aromatic heterocycles. The average molecular weight is 625 g/mol. The third kappa shape index (κ3) is 33.8. The third-order valence-corrected chi connectivity index (χ3v) is 8.64. The van der Waals surface area contributed by atoms with Crippen LogP contribution in [0.15, 0.2) is 0 Å². The Labute approximate surface area is 274 Å². The van der Waals surface area contributed by atoms with Crippen molar-refractivity contribution in [1.29, 1.82) is 0 Å². The van der Waals surface area contributed by atoms with Gasteiger partial charge in [0.1, 0.15) is 6.61 Å². The van der Waals surface area contributed by atoms with E-state index in [1.165, 1.54) is 148 Å². The molecular formula is C39H76O5. The Balaban J connectivity index is 4.20. The maximum atomic E-state index is 12.6. The Kier molecular flexibility index (Phi) is 35.5. The molecule has 0 heterocycles. The molecule has 0 bridgehead atoms. The Bertz CT molecular complexity index is 593. The van der Waals surface area contributed by atoms with Gasteiger partial charge in [0.25, 0.3) is 0 Å². The summed E-state index contributed by atoms with van der Waals surface area (Å²) in [5.41, 5.74) is 0. The van der Waals surface area contributed by atoms with E-state index in [1.807, 2.05) is 0 Å². The second-order valence-electron chi connectivity index (χ2n) is 13.2. The molecule has 0 aliphatic rings. The highest BCUT2D eigenvalue weighted by Crippen LogP contribution is 2.14. The van der Waals surface area contributed by atoms with Gasteiger partial charge in [-0.3, -0.25) is 9.59 Å². The van der Waals surface area contributed by atoms with Gasteiger partial charge in [-0.25, -0.2) is 0 Å². The van der Waals surface area contributed by atoms with Crippen LogP contribution in [0.25, 0.3) is 0 Å². The van der Waals surface area contributed by atoms with E-state index in [4.69, 9.17) is 14.2 Å². The lowest BCUT2D eigenvalue weighted by Gasteiger charge is -2.18. The normalized spacial score (nSPS) is 12.0. The lowest BCUT2D eigenvalue weighted by molar-refractivity contribution is -0.163. The number of hydrogen-bond acceptors (Lipinski definition) is 5. The maximum Gasteiger partial charge on any atom is 0.306 e. The van der Waals surface area contributed by atoms with Crippen molar-refractivity contribution in [2.45, 2.75) is 219 Å². The zero-order chi connectivity index (χ0) is 32.2. The molecule has 0 aliphatic carbocycles. The fraction of sp³-hybridized carbons (Fsp3) is 0.949. The van der Waals surface area contributed by atoms with E-state index in [0.717, 1.165) is 32.1 Å². The lowest BCUT2D eigenvalue weighted by atomic mass is 10.1. The van der Waals surface area contributed by atoms with Crippen LogP contribution in [0.5, 0.6) is 0 Å². The SMILES string of the molecule is CCCCCCCCCCCCOCC(COC(=O)CCCCCCCCCCC)OC(=O)CCCCCCCCCCC. The topological polar surface area (TPSA) is 61.8 Å². The van der Waals surface area contributed by atoms with Crippen LogP contribution in [0.3, 0.4) is 0 Å². The van der Waals surface area contributed by atoms with Gasteiger partial charge in [0.2, 0.25) is 0 Å². The molecule has 0 spiro atoms. The summed E-state index contributed by atoms with van der Waals surface area (Å²) in [7, 11) is 0. The fourth-order valence-corrected chi connectivity index (χ4v) is 5.69. The van der Waals surface area contributed by atoms with Crippen molar-refractivity contribution >= 4 is 11.9 Å². The average Bonchev–Trinajstić information content (AvgIpc) is 3.02. The molecule has 0 amide bonds. The first-order valence-corrected chi connectivity index (χ1v) is 19.6. The minimum absolute atomic E-state index is 0.0950. The van der Waals surface area contributed by atoms with Crippen molar-refractivity contribution in [3.05, 3.63) is 0 Å². The summed E-state index contributed by atoms with van der Waals surface area (Å²) in [6.07, 6.45) is 35.2. The van der Waals surface area contributed by atoms with Crippen LogP contribution < -0.4 is 0 Å². The standard InChI is InChI=1S/C39H76O5/c1-4-7-10-13-16-19-22-25-28-31-34-42-35-37(44-39(41)33-30-27-24-21-18-15-12-9-6-3)36-43-38(40)32-29-26-23-20-17-14-11-8-5-2/h37H,4-36H2,1-3H3. The predicted octanol–water partition coefficient (Wildman–Crippen LogP) is 12.2. The van der Waals surface area contributed by atoms with Gasteiger partial charge in [-0.05, 0) is 19.3 Å². The number of esters is 2. The molecule has 0 N–H and O–H groups in total. The molecule has 0 aliphatic heterocycles. The van der Waals surface area contributed by atoms with Gasteiger partial charge in [-0.15, -0.1) is 0 Å². The van der Waals surface area contributed by atoms with E-state index in [2.05, 4.69) is 20.8 Å². The van der Waals surface area contributed by atoms with Crippen LogP contribution in [0.4, 0.5) is 0 Å². The molecule has 0 rings (SSSR count). The molecule has 0 fully saturated rings. The van der Waals surface area contributed by atoms with Crippen molar-refractivity contribution in [2.75, 3.05) is 19.8 Å². The van der Waals surface area contributed by atoms with Gasteiger partial charge in [0.05, 0.1) is 6.61 Å². The zero-order valence-corrected chi connectivity index (χ0v) is 30.0. The predicted molar refractivity (Wildman–Crippen MR) is 187 cm³/mol. The highest BCUT2D eigenvalue weighted by molar-refractivity contribution is 5.70. The summed E-state index contributed by atoms with van der Waals surface area (Å²) in [4.78, 5) is 24.9. The highest BCUT2D eigenvalue weighted by atomic mass is 16.6. The second-order valence-corrected chi connectivity index (χ2v) is 13.2. The van der Waals surface area contributed by atoms with Gasteiger partial charge < -0.3 is 14.2 Å². The maximum absolute atomic E-state index is 12.6. The molecule has 44 heavy (non-hydrogen) atoms. The summed E-state index contributed by atoms with van der Waals surface area (Å²) in [6.45, 7) is 7.81. The Morgan fingerprint density at radius 1 is 0.409 bits per heavy atom. The zero-order valence-electron chi connectivity index (χ0n) is 30.0. The van der Waals surface area contributed by atoms with Gasteiger partial charge in [-0.1, -0.05) is 181 Å². The Morgan fingerprint density at radius 2 is 0.750 bits per heavy atom. The highest BCUT2D eigenvalue weighted by Gasteiger charge is 2.17. The molecule has 5 nitrogen and oxygen atoms in total. The first-order valence-electron chi connectivity index (χ1n) is 19.6. The van der Waals surface area contributed by atoms with Crippen molar-refractivity contribution in [2.24, 2.45) is 0 Å². The molecule has 0 radical (unpaired) electrons. The van der Waals surface area contributed by atoms with Gasteiger partial charge in [0.15, 0.2) is 6.10 Å². The molecule has 0 saturated heterocycles. The van der Waals surface area contributed by atoms with Gasteiger partial charge in [0, 0.05) is 19.4 Å². The largest absolute Gasteiger partial charge is 0.462 e. The van der Waals surface area contributed by atoms with Crippen LogP contribution in [-0.4, -0.2) is 37.9 Å². The summed E-state index contributed by atoms with van der Waals surface area (Å²) in [5, 5.41) is 0. The van der Waals surface area contributed by atoms with Crippen molar-refractivity contribution in [1.82, 2.24) is 0 Å². The summed E-state index contributed by atoms with van der Waals surface area (Å²) in [5.74, 6) is -0.391. The van der Waals surface area contributed by atoms with Crippen LogP contribution in [0.2, 0.25) is 0 Å². The molecule has 1 unspecified atom stereocenters. The van der Waals surface area contributed by atoms with E-state index in [9.17, 15) is 9.59 Å². The van der Waals surface area contributed by atoms with Gasteiger partial charge >= 0.3 is 11.9 Å². The first-order chi connectivity index (χ1) is 21.6. The number of carbonyl (C=O) groups excluding carboxylic acids is 2. The molecule has 0 aromatic carbocycles. The van der Waals surface area contributed by atoms with Crippen molar-refractivity contribution < 1.29 is 23.8 Å². The summed E-state index contributed by atoms with van der Waals surface area (Å²) >= 11 is 0. The molecule has 0 aromatic rings. The minimum atomic E-state index is -0.517. The first kappa shape index (κ1) is 42.9. The van der Waals surface area contributed by atoms with Crippen LogP contribution in [-0.2, 0) is 23.8 Å². The fourth-order valence-electron chi connectivity index (χ4n) is 5.69. The van der Waals surface area contributed by atoms with E-state index in [-0.39, 0.29) is 18.5 Å². The number of hydrogen-bond donors (Lipinski definition) is 0.